The first kappa shape index (κ1) is 11.9. The third kappa shape index (κ3) is 2.40. The summed E-state index contributed by atoms with van der Waals surface area (Å²) in [5.74, 6) is 1.18. The third-order valence-electron chi connectivity index (χ3n) is 3.34. The van der Waals surface area contributed by atoms with Crippen LogP contribution in [0.25, 0.3) is 0 Å². The van der Waals surface area contributed by atoms with Crippen LogP contribution >= 0.6 is 15.9 Å². The van der Waals surface area contributed by atoms with Crippen LogP contribution in [0.5, 0.6) is 0 Å². The largest absolute Gasteiger partial charge is 0.354 e. The molecule has 0 aromatic carbocycles. The van der Waals surface area contributed by atoms with Crippen LogP contribution in [0.1, 0.15) is 37.3 Å². The number of pyridine rings is 1. The average Bonchev–Trinajstić information content (AvgIpc) is 2.30. The minimum absolute atomic E-state index is 0.634. The number of hydrogen-bond acceptors (Lipinski definition) is 2. The summed E-state index contributed by atoms with van der Waals surface area (Å²) < 4.78 is 0. The fourth-order valence-electron chi connectivity index (χ4n) is 2.41. The summed E-state index contributed by atoms with van der Waals surface area (Å²) in [7, 11) is 0. The van der Waals surface area contributed by atoms with E-state index in [1.807, 2.05) is 6.20 Å². The Morgan fingerprint density at radius 1 is 1.50 bits per heavy atom. The molecule has 1 unspecified atom stereocenters. The van der Waals surface area contributed by atoms with Crippen LogP contribution in [0.4, 0.5) is 5.82 Å². The molecular weight excluding hydrogens is 264 g/mol. The highest BCUT2D eigenvalue weighted by Crippen LogP contribution is 2.26. The van der Waals surface area contributed by atoms with Crippen molar-refractivity contribution in [2.75, 3.05) is 11.4 Å². The number of rotatable bonds is 2. The summed E-state index contributed by atoms with van der Waals surface area (Å²) in [5.41, 5.74) is 2.55. The highest BCUT2D eigenvalue weighted by atomic mass is 79.9. The molecule has 0 saturated carbocycles. The topological polar surface area (TPSA) is 16.1 Å². The number of hydrogen-bond donors (Lipinski definition) is 0. The van der Waals surface area contributed by atoms with Gasteiger partial charge in [0.15, 0.2) is 0 Å². The van der Waals surface area contributed by atoms with Gasteiger partial charge in [0.25, 0.3) is 0 Å². The van der Waals surface area contributed by atoms with Crippen LogP contribution in [0.15, 0.2) is 12.3 Å². The molecule has 2 nitrogen and oxygen atoms in total. The van der Waals surface area contributed by atoms with Gasteiger partial charge in [-0.15, -0.1) is 0 Å². The number of piperidine rings is 1. The second kappa shape index (κ2) is 5.17. The Hall–Kier alpha value is -0.570. The number of aromatic nitrogens is 1. The van der Waals surface area contributed by atoms with Gasteiger partial charge in [0.1, 0.15) is 5.82 Å². The first-order valence-corrected chi connectivity index (χ1v) is 7.12. The van der Waals surface area contributed by atoms with E-state index in [0.717, 1.165) is 11.9 Å². The van der Waals surface area contributed by atoms with Crippen molar-refractivity contribution in [2.45, 2.75) is 44.5 Å². The standard InChI is InChI=1S/C13H19BrN2/c1-10-7-12(8-14)9-15-13(10)16-6-4-3-5-11(16)2/h7,9,11H,3-6,8H2,1-2H3. The molecule has 2 rings (SSSR count). The summed E-state index contributed by atoms with van der Waals surface area (Å²) in [6, 6.07) is 2.87. The number of nitrogens with zero attached hydrogens (tertiary/aromatic N) is 2. The molecule has 1 aromatic rings. The number of aryl methyl sites for hydroxylation is 1. The quantitative estimate of drug-likeness (QED) is 0.770. The summed E-state index contributed by atoms with van der Waals surface area (Å²) in [5, 5.41) is 0.886. The van der Waals surface area contributed by atoms with Crippen LogP contribution in [-0.2, 0) is 5.33 Å². The molecule has 3 heteroatoms. The molecule has 1 aromatic heterocycles. The van der Waals surface area contributed by atoms with Gasteiger partial charge in [-0.1, -0.05) is 22.0 Å². The fraction of sp³-hybridized carbons (Fsp3) is 0.615. The lowest BCUT2D eigenvalue weighted by Gasteiger charge is -2.35. The SMILES string of the molecule is Cc1cc(CBr)cnc1N1CCCCC1C. The van der Waals surface area contributed by atoms with Gasteiger partial charge in [0, 0.05) is 24.1 Å². The molecule has 0 radical (unpaired) electrons. The van der Waals surface area contributed by atoms with Crippen molar-refractivity contribution in [3.63, 3.8) is 0 Å². The lowest BCUT2D eigenvalue weighted by Crippen LogP contribution is -2.38. The van der Waals surface area contributed by atoms with Gasteiger partial charge in [0.2, 0.25) is 0 Å². The van der Waals surface area contributed by atoms with E-state index in [-0.39, 0.29) is 0 Å². The third-order valence-corrected chi connectivity index (χ3v) is 3.98. The zero-order valence-electron chi connectivity index (χ0n) is 10.0. The minimum atomic E-state index is 0.634. The first-order valence-electron chi connectivity index (χ1n) is 6.00. The van der Waals surface area contributed by atoms with Crippen molar-refractivity contribution in [3.05, 3.63) is 23.4 Å². The molecule has 1 saturated heterocycles. The highest BCUT2D eigenvalue weighted by Gasteiger charge is 2.20. The van der Waals surface area contributed by atoms with E-state index in [9.17, 15) is 0 Å². The normalized spacial score (nSPS) is 21.2. The number of alkyl halides is 1. The molecule has 88 valence electrons. The van der Waals surface area contributed by atoms with E-state index in [1.165, 1.54) is 36.2 Å². The van der Waals surface area contributed by atoms with Gasteiger partial charge in [-0.25, -0.2) is 4.98 Å². The lowest BCUT2D eigenvalue weighted by atomic mass is 10.0. The van der Waals surface area contributed by atoms with Gasteiger partial charge in [-0.3, -0.25) is 0 Å². The van der Waals surface area contributed by atoms with E-state index >= 15 is 0 Å². The summed E-state index contributed by atoms with van der Waals surface area (Å²) >= 11 is 3.47. The van der Waals surface area contributed by atoms with E-state index in [4.69, 9.17) is 0 Å². The maximum absolute atomic E-state index is 4.62. The Labute approximate surface area is 106 Å². The summed E-state index contributed by atoms with van der Waals surface area (Å²) in [4.78, 5) is 7.07. The van der Waals surface area contributed by atoms with Gasteiger partial charge in [-0.2, -0.15) is 0 Å². The van der Waals surface area contributed by atoms with Crippen molar-refractivity contribution in [3.8, 4) is 0 Å². The van der Waals surface area contributed by atoms with Crippen LogP contribution in [-0.4, -0.2) is 17.6 Å². The van der Waals surface area contributed by atoms with Crippen molar-refractivity contribution in [2.24, 2.45) is 0 Å². The Morgan fingerprint density at radius 3 is 2.94 bits per heavy atom. The van der Waals surface area contributed by atoms with Gasteiger partial charge in [0.05, 0.1) is 0 Å². The molecule has 16 heavy (non-hydrogen) atoms. The van der Waals surface area contributed by atoms with Crippen LogP contribution in [0.3, 0.4) is 0 Å². The van der Waals surface area contributed by atoms with E-state index in [2.05, 4.69) is 45.7 Å². The molecule has 0 amide bonds. The fourth-order valence-corrected chi connectivity index (χ4v) is 2.72. The van der Waals surface area contributed by atoms with Crippen molar-refractivity contribution in [1.82, 2.24) is 4.98 Å². The van der Waals surface area contributed by atoms with Gasteiger partial charge < -0.3 is 4.90 Å². The molecular formula is C13H19BrN2. The Morgan fingerprint density at radius 2 is 2.31 bits per heavy atom. The zero-order valence-corrected chi connectivity index (χ0v) is 11.6. The predicted octanol–water partition coefficient (Wildman–Crippen LogP) is 3.66. The molecule has 1 fully saturated rings. The van der Waals surface area contributed by atoms with Gasteiger partial charge >= 0.3 is 0 Å². The molecule has 0 N–H and O–H groups in total. The second-order valence-corrected chi connectivity index (χ2v) is 5.22. The molecule has 0 spiro atoms. The Kier molecular flexibility index (Phi) is 3.85. The second-order valence-electron chi connectivity index (χ2n) is 4.66. The maximum atomic E-state index is 4.62. The first-order chi connectivity index (χ1) is 7.72. The molecule has 1 aliphatic rings. The van der Waals surface area contributed by atoms with Crippen LogP contribution < -0.4 is 4.90 Å². The van der Waals surface area contributed by atoms with E-state index < -0.39 is 0 Å². The average molecular weight is 283 g/mol. The van der Waals surface area contributed by atoms with Crippen molar-refractivity contribution >= 4 is 21.7 Å². The maximum Gasteiger partial charge on any atom is 0.131 e. The van der Waals surface area contributed by atoms with Crippen LogP contribution in [0.2, 0.25) is 0 Å². The minimum Gasteiger partial charge on any atom is -0.354 e. The number of anilines is 1. The molecule has 1 atom stereocenters. The summed E-state index contributed by atoms with van der Waals surface area (Å²) in [6.45, 7) is 5.62. The Balaban J connectivity index is 2.25. The van der Waals surface area contributed by atoms with Gasteiger partial charge in [-0.05, 0) is 44.2 Å². The van der Waals surface area contributed by atoms with Crippen LogP contribution in [0, 0.1) is 6.92 Å². The monoisotopic (exact) mass is 282 g/mol. The number of halogens is 1. The Bertz CT molecular complexity index is 365. The van der Waals surface area contributed by atoms with Crippen molar-refractivity contribution in [1.29, 1.82) is 0 Å². The van der Waals surface area contributed by atoms with E-state index in [0.29, 0.717) is 6.04 Å². The predicted molar refractivity (Wildman–Crippen MR) is 72.3 cm³/mol. The summed E-state index contributed by atoms with van der Waals surface area (Å²) in [6.07, 6.45) is 5.93. The van der Waals surface area contributed by atoms with Crippen molar-refractivity contribution < 1.29 is 0 Å². The lowest BCUT2D eigenvalue weighted by molar-refractivity contribution is 0.480. The molecule has 0 bridgehead atoms. The highest BCUT2D eigenvalue weighted by molar-refractivity contribution is 9.08. The molecule has 2 heterocycles. The molecule has 0 aliphatic carbocycles. The molecule has 1 aliphatic heterocycles. The zero-order chi connectivity index (χ0) is 11.5. The smallest absolute Gasteiger partial charge is 0.131 e. The van der Waals surface area contributed by atoms with E-state index in [1.54, 1.807) is 0 Å².